The lowest BCUT2D eigenvalue weighted by atomic mass is 10.0. The van der Waals surface area contributed by atoms with Crippen molar-refractivity contribution in [3.63, 3.8) is 0 Å². The van der Waals surface area contributed by atoms with E-state index < -0.39 is 15.5 Å². The lowest BCUT2D eigenvalue weighted by Crippen LogP contribution is -2.60. The molecule has 6 nitrogen and oxygen atoms in total. The molecular weight excluding hydrogens is 414 g/mol. The first-order valence-corrected chi connectivity index (χ1v) is 14.3. The van der Waals surface area contributed by atoms with Gasteiger partial charge in [-0.3, -0.25) is 0 Å². The van der Waals surface area contributed by atoms with Crippen molar-refractivity contribution in [1.29, 1.82) is 0 Å². The van der Waals surface area contributed by atoms with Crippen molar-refractivity contribution in [3.8, 4) is 0 Å². The van der Waals surface area contributed by atoms with E-state index in [-0.39, 0.29) is 30.8 Å². The predicted molar refractivity (Wildman–Crippen MR) is 128 cm³/mol. The summed E-state index contributed by atoms with van der Waals surface area (Å²) in [4.78, 5) is 0. The lowest BCUT2D eigenvalue weighted by Gasteiger charge is -2.43. The van der Waals surface area contributed by atoms with Crippen molar-refractivity contribution in [2.24, 2.45) is 0 Å². The van der Waals surface area contributed by atoms with Crippen LogP contribution in [-0.4, -0.2) is 65.9 Å². The van der Waals surface area contributed by atoms with Crippen molar-refractivity contribution in [2.45, 2.75) is 122 Å². The van der Waals surface area contributed by atoms with Crippen LogP contribution < -0.4 is 0 Å². The molecule has 0 aliphatic carbocycles. The summed E-state index contributed by atoms with van der Waals surface area (Å²) < 4.78 is 34.7. The molecule has 0 aliphatic rings. The second-order valence-corrected chi connectivity index (χ2v) is 10.9. The van der Waals surface area contributed by atoms with Crippen LogP contribution in [-0.2, 0) is 10.1 Å². The van der Waals surface area contributed by atoms with Gasteiger partial charge in [-0.15, -0.1) is 0 Å². The zero-order chi connectivity index (χ0) is 23.4. The van der Waals surface area contributed by atoms with Crippen molar-refractivity contribution in [2.75, 3.05) is 32.8 Å². The van der Waals surface area contributed by atoms with Gasteiger partial charge in [0.15, 0.2) is 5.37 Å². The summed E-state index contributed by atoms with van der Waals surface area (Å²) in [5.74, 6) is 0. The van der Waals surface area contributed by atoms with Crippen LogP contribution >= 0.6 is 0 Å². The molecule has 31 heavy (non-hydrogen) atoms. The van der Waals surface area contributed by atoms with Crippen LogP contribution in [0.3, 0.4) is 0 Å². The monoisotopic (exact) mass is 465 g/mol. The zero-order valence-electron chi connectivity index (χ0n) is 20.4. The summed E-state index contributed by atoms with van der Waals surface area (Å²) in [6, 6.07) is 0. The quantitative estimate of drug-likeness (QED) is 0.126. The third kappa shape index (κ3) is 15.3. The van der Waals surface area contributed by atoms with E-state index in [1.165, 1.54) is 90.4 Å². The van der Waals surface area contributed by atoms with Crippen LogP contribution in [0.15, 0.2) is 0 Å². The van der Waals surface area contributed by atoms with Crippen molar-refractivity contribution in [3.05, 3.63) is 0 Å². The van der Waals surface area contributed by atoms with Gasteiger partial charge in [-0.2, -0.15) is 0 Å². The molecule has 0 aromatic carbocycles. The fourth-order valence-electron chi connectivity index (χ4n) is 4.53. The van der Waals surface area contributed by atoms with Gasteiger partial charge >= 0.3 is 0 Å². The maximum Gasteiger partial charge on any atom is 0.176 e. The third-order valence-electron chi connectivity index (χ3n) is 6.74. The molecule has 7 heteroatoms. The van der Waals surface area contributed by atoms with Gasteiger partial charge in [0.1, 0.15) is 23.2 Å². The molecule has 0 saturated heterocycles. The topological polar surface area (TPSA) is 97.7 Å². The maximum absolute atomic E-state index is 11.6. The van der Waals surface area contributed by atoms with E-state index in [1.54, 1.807) is 0 Å². The molecule has 0 rings (SSSR count). The Morgan fingerprint density at radius 2 is 0.968 bits per heavy atom. The van der Waals surface area contributed by atoms with Gasteiger partial charge < -0.3 is 19.2 Å². The van der Waals surface area contributed by atoms with Gasteiger partial charge in [0.2, 0.25) is 0 Å². The molecule has 0 aromatic rings. The second kappa shape index (κ2) is 19.3. The Labute approximate surface area is 192 Å². The van der Waals surface area contributed by atoms with E-state index in [2.05, 4.69) is 6.92 Å². The third-order valence-corrected chi connectivity index (χ3v) is 8.02. The summed E-state index contributed by atoms with van der Waals surface area (Å²) in [5.41, 5.74) is 0. The van der Waals surface area contributed by atoms with Gasteiger partial charge in [-0.25, -0.2) is 8.42 Å². The van der Waals surface area contributed by atoms with Gasteiger partial charge in [0.05, 0.1) is 19.8 Å². The first-order chi connectivity index (χ1) is 14.8. The molecule has 2 N–H and O–H groups in total. The molecule has 1 unspecified atom stereocenters. The van der Waals surface area contributed by atoms with Crippen LogP contribution in [0, 0.1) is 0 Å². The normalized spacial score (nSPS) is 13.6. The minimum absolute atomic E-state index is 0.0442. The summed E-state index contributed by atoms with van der Waals surface area (Å²) in [5, 5.41) is 17.6. The average Bonchev–Trinajstić information content (AvgIpc) is 2.72. The van der Waals surface area contributed by atoms with Crippen LogP contribution in [0.1, 0.15) is 117 Å². The Hall–Kier alpha value is -0.210. The van der Waals surface area contributed by atoms with Gasteiger partial charge in [-0.05, 0) is 12.8 Å². The second-order valence-electron chi connectivity index (χ2n) is 9.23. The highest BCUT2D eigenvalue weighted by Gasteiger charge is 2.36. The van der Waals surface area contributed by atoms with Crippen LogP contribution in [0.5, 0.6) is 0 Å². The summed E-state index contributed by atoms with van der Waals surface area (Å²) in [6.45, 7) is 4.14. The number of aliphatic hydroxyl groups is 2. The van der Waals surface area contributed by atoms with Crippen molar-refractivity contribution in [1.82, 2.24) is 0 Å². The number of hydrogen-bond donors (Lipinski definition) is 2. The first-order valence-electron chi connectivity index (χ1n) is 12.9. The van der Waals surface area contributed by atoms with Gasteiger partial charge in [0.25, 0.3) is 0 Å². The molecule has 0 spiro atoms. The number of quaternary nitrogens is 1. The minimum Gasteiger partial charge on any atom is -0.743 e. The van der Waals surface area contributed by atoms with E-state index in [0.717, 1.165) is 19.3 Å². The largest absolute Gasteiger partial charge is 0.743 e. The Kier molecular flexibility index (Phi) is 19.1. The van der Waals surface area contributed by atoms with Gasteiger partial charge in [-0.1, -0.05) is 96.8 Å². The Bertz CT molecular complexity index is 492. The minimum atomic E-state index is -4.48. The molecule has 0 aliphatic heterocycles. The molecular formula is C24H51NO5S. The first kappa shape index (κ1) is 30.8. The number of hydrogen-bond acceptors (Lipinski definition) is 5. The van der Waals surface area contributed by atoms with E-state index in [1.807, 2.05) is 0 Å². The number of aliphatic hydroxyl groups excluding tert-OH is 2. The molecule has 0 saturated carbocycles. The molecule has 0 aromatic heterocycles. The van der Waals surface area contributed by atoms with E-state index in [0.29, 0.717) is 6.54 Å². The smallest absolute Gasteiger partial charge is 0.176 e. The summed E-state index contributed by atoms with van der Waals surface area (Å²) >= 11 is 0. The average molecular weight is 466 g/mol. The Morgan fingerprint density at radius 3 is 1.26 bits per heavy atom. The number of rotatable bonds is 23. The fourth-order valence-corrected chi connectivity index (χ4v) is 5.39. The summed E-state index contributed by atoms with van der Waals surface area (Å²) in [6.07, 6.45) is 20.3. The molecule has 0 radical (unpaired) electrons. The standard InChI is InChI=1S/C24H51NO5S/c1-3-4-5-6-7-8-9-10-11-12-13-14-15-16-17-18-19-25(20-22-26,21-23-27)24(2)31(28,29)30/h24,26-27H,3-23H2,1-2H3. The highest BCUT2D eigenvalue weighted by Crippen LogP contribution is 2.20. The van der Waals surface area contributed by atoms with Crippen LogP contribution in [0.25, 0.3) is 0 Å². The Morgan fingerprint density at radius 1 is 0.645 bits per heavy atom. The SMILES string of the molecule is CCCCCCCCCCCCCCCCCC[N+](CCO)(CCO)C(C)S(=O)(=O)[O-]. The summed E-state index contributed by atoms with van der Waals surface area (Å²) in [7, 11) is -4.48. The Balaban J connectivity index is 3.84. The highest BCUT2D eigenvalue weighted by atomic mass is 32.2. The van der Waals surface area contributed by atoms with E-state index in [9.17, 15) is 23.2 Å². The molecule has 0 fully saturated rings. The molecule has 1 atom stereocenters. The van der Waals surface area contributed by atoms with E-state index in [4.69, 9.17) is 0 Å². The van der Waals surface area contributed by atoms with Crippen LogP contribution in [0.2, 0.25) is 0 Å². The molecule has 0 bridgehead atoms. The zero-order valence-corrected chi connectivity index (χ0v) is 21.2. The molecule has 188 valence electrons. The lowest BCUT2D eigenvalue weighted by molar-refractivity contribution is -0.937. The fraction of sp³-hybridized carbons (Fsp3) is 1.00. The van der Waals surface area contributed by atoms with Crippen LogP contribution in [0.4, 0.5) is 0 Å². The van der Waals surface area contributed by atoms with Crippen molar-refractivity contribution >= 4 is 10.1 Å². The maximum atomic E-state index is 11.6. The number of unbranched alkanes of at least 4 members (excludes halogenated alkanes) is 15. The molecule has 0 amide bonds. The number of nitrogens with zero attached hydrogens (tertiary/aromatic N) is 1. The van der Waals surface area contributed by atoms with Gasteiger partial charge in [0, 0.05) is 6.92 Å². The van der Waals surface area contributed by atoms with E-state index >= 15 is 0 Å². The highest BCUT2D eigenvalue weighted by molar-refractivity contribution is 7.86. The molecule has 0 heterocycles. The predicted octanol–water partition coefficient (Wildman–Crippen LogP) is 4.94. The van der Waals surface area contributed by atoms with Crippen molar-refractivity contribution < 1.29 is 27.7 Å².